The van der Waals surface area contributed by atoms with Gasteiger partial charge in [0.15, 0.2) is 0 Å². The van der Waals surface area contributed by atoms with Crippen molar-refractivity contribution in [2.24, 2.45) is 7.05 Å². The summed E-state index contributed by atoms with van der Waals surface area (Å²) in [5, 5.41) is 9.49. The molecule has 1 N–H and O–H groups in total. The Kier molecular flexibility index (Phi) is 2.42. The van der Waals surface area contributed by atoms with E-state index in [1.54, 1.807) is 17.7 Å². The van der Waals surface area contributed by atoms with Crippen molar-refractivity contribution in [1.29, 1.82) is 0 Å². The largest absolute Gasteiger partial charge is 0.416 e. The molecule has 1 heterocycles. The molecule has 1 aromatic carbocycles. The summed E-state index contributed by atoms with van der Waals surface area (Å²) in [4.78, 5) is 0. The van der Waals surface area contributed by atoms with Crippen LogP contribution in [0.2, 0.25) is 0 Å². The second-order valence-corrected chi connectivity index (χ2v) is 3.62. The Morgan fingerprint density at radius 3 is 2.50 bits per heavy atom. The van der Waals surface area contributed by atoms with Crippen LogP contribution in [0.3, 0.4) is 0 Å². The van der Waals surface area contributed by atoms with Crippen LogP contribution in [0.15, 0.2) is 24.3 Å². The minimum absolute atomic E-state index is 0.188. The monoisotopic (exact) mass is 229 g/mol. The van der Waals surface area contributed by atoms with Crippen LogP contribution in [0.1, 0.15) is 11.3 Å². The molecular formula is C11H10F3NO. The minimum Gasteiger partial charge on any atom is -0.390 e. The molecule has 2 aromatic rings. The summed E-state index contributed by atoms with van der Waals surface area (Å²) in [5.74, 6) is 0. The molecule has 0 aliphatic heterocycles. The Morgan fingerprint density at radius 1 is 1.25 bits per heavy atom. The Hall–Kier alpha value is -1.49. The van der Waals surface area contributed by atoms with Gasteiger partial charge in [0, 0.05) is 23.6 Å². The molecule has 0 bridgehead atoms. The molecule has 0 fully saturated rings. The normalized spacial score (nSPS) is 12.3. The summed E-state index contributed by atoms with van der Waals surface area (Å²) < 4.78 is 39.0. The smallest absolute Gasteiger partial charge is 0.390 e. The van der Waals surface area contributed by atoms with Crippen molar-refractivity contribution in [3.63, 3.8) is 0 Å². The van der Waals surface area contributed by atoms with Gasteiger partial charge >= 0.3 is 6.18 Å². The van der Waals surface area contributed by atoms with Gasteiger partial charge < -0.3 is 9.67 Å². The number of hydrogen-bond acceptors (Lipinski definition) is 1. The summed E-state index contributed by atoms with van der Waals surface area (Å²) in [6.07, 6.45) is -4.33. The predicted octanol–water partition coefficient (Wildman–Crippen LogP) is 2.69. The zero-order valence-electron chi connectivity index (χ0n) is 8.54. The van der Waals surface area contributed by atoms with Crippen molar-refractivity contribution in [2.45, 2.75) is 12.8 Å². The van der Waals surface area contributed by atoms with Crippen LogP contribution in [0, 0.1) is 0 Å². The summed E-state index contributed by atoms with van der Waals surface area (Å²) in [6.45, 7) is -0.188. The summed E-state index contributed by atoms with van der Waals surface area (Å²) in [7, 11) is 1.71. The molecule has 0 aliphatic rings. The van der Waals surface area contributed by atoms with Gasteiger partial charge in [-0.2, -0.15) is 13.2 Å². The van der Waals surface area contributed by atoms with Gasteiger partial charge in [0.25, 0.3) is 0 Å². The van der Waals surface area contributed by atoms with Gasteiger partial charge in [0.05, 0.1) is 12.2 Å². The lowest BCUT2D eigenvalue weighted by molar-refractivity contribution is -0.137. The first-order valence-electron chi connectivity index (χ1n) is 4.70. The summed E-state index contributed by atoms with van der Waals surface area (Å²) in [5.41, 5.74) is 0.599. The predicted molar refractivity (Wildman–Crippen MR) is 53.8 cm³/mol. The maximum atomic E-state index is 12.4. The first-order valence-corrected chi connectivity index (χ1v) is 4.70. The van der Waals surface area contributed by atoms with Gasteiger partial charge in [0.1, 0.15) is 0 Å². The average molecular weight is 229 g/mol. The van der Waals surface area contributed by atoms with E-state index in [4.69, 9.17) is 5.11 Å². The first-order chi connectivity index (χ1) is 7.43. The number of aromatic nitrogens is 1. The van der Waals surface area contributed by atoms with Gasteiger partial charge in [-0.15, -0.1) is 0 Å². The Bertz CT molecular complexity index is 528. The number of hydrogen-bond donors (Lipinski definition) is 1. The molecule has 0 spiro atoms. The molecule has 0 aliphatic carbocycles. The van der Waals surface area contributed by atoms with E-state index in [1.165, 1.54) is 6.07 Å². The maximum absolute atomic E-state index is 12.4. The van der Waals surface area contributed by atoms with E-state index in [-0.39, 0.29) is 6.61 Å². The molecule has 0 atom stereocenters. The zero-order valence-corrected chi connectivity index (χ0v) is 8.54. The van der Waals surface area contributed by atoms with Crippen LogP contribution in [-0.4, -0.2) is 9.67 Å². The molecule has 2 nitrogen and oxygen atoms in total. The molecule has 1 aromatic heterocycles. The van der Waals surface area contributed by atoms with Gasteiger partial charge in [-0.25, -0.2) is 0 Å². The average Bonchev–Trinajstić information content (AvgIpc) is 2.54. The summed E-state index contributed by atoms with van der Waals surface area (Å²) >= 11 is 0. The number of aliphatic hydroxyl groups is 1. The zero-order chi connectivity index (χ0) is 11.9. The van der Waals surface area contributed by atoms with Crippen molar-refractivity contribution < 1.29 is 18.3 Å². The third kappa shape index (κ3) is 1.67. The Labute approximate surface area is 89.9 Å². The number of benzene rings is 1. The molecule has 0 unspecified atom stereocenters. The van der Waals surface area contributed by atoms with Crippen LogP contribution in [-0.2, 0) is 19.8 Å². The topological polar surface area (TPSA) is 25.2 Å². The van der Waals surface area contributed by atoms with Crippen LogP contribution in [0.25, 0.3) is 10.9 Å². The number of aliphatic hydroxyl groups excluding tert-OH is 1. The molecule has 86 valence electrons. The van der Waals surface area contributed by atoms with Gasteiger partial charge in [-0.05, 0) is 24.3 Å². The highest BCUT2D eigenvalue weighted by molar-refractivity contribution is 5.82. The van der Waals surface area contributed by atoms with Gasteiger partial charge in [-0.1, -0.05) is 0 Å². The van der Waals surface area contributed by atoms with Crippen molar-refractivity contribution in [3.05, 3.63) is 35.5 Å². The van der Waals surface area contributed by atoms with Gasteiger partial charge in [-0.3, -0.25) is 0 Å². The standard InChI is InChI=1S/C11H10F3NO/c1-15-9(6-16)5-7-4-8(11(12,13)14)2-3-10(7)15/h2-5,16H,6H2,1H3. The highest BCUT2D eigenvalue weighted by Crippen LogP contribution is 2.32. The van der Waals surface area contributed by atoms with E-state index < -0.39 is 11.7 Å². The SMILES string of the molecule is Cn1c(CO)cc2cc(C(F)(F)F)ccc21. The third-order valence-electron chi connectivity index (χ3n) is 2.63. The van der Waals surface area contributed by atoms with Crippen LogP contribution in [0.5, 0.6) is 0 Å². The van der Waals surface area contributed by atoms with E-state index in [0.29, 0.717) is 16.6 Å². The fraction of sp³-hybridized carbons (Fsp3) is 0.273. The second kappa shape index (κ2) is 3.52. The number of halogens is 3. The van der Waals surface area contributed by atoms with Crippen LogP contribution in [0.4, 0.5) is 13.2 Å². The first kappa shape index (κ1) is 11.0. The maximum Gasteiger partial charge on any atom is 0.416 e. The molecule has 0 radical (unpaired) electrons. The fourth-order valence-electron chi connectivity index (χ4n) is 1.73. The number of nitrogens with zero attached hydrogens (tertiary/aromatic N) is 1. The molecule has 2 rings (SSSR count). The van der Waals surface area contributed by atoms with Gasteiger partial charge in [0.2, 0.25) is 0 Å². The van der Waals surface area contributed by atoms with E-state index in [1.807, 2.05) is 0 Å². The highest BCUT2D eigenvalue weighted by Gasteiger charge is 2.30. The highest BCUT2D eigenvalue weighted by atomic mass is 19.4. The van der Waals surface area contributed by atoms with Crippen molar-refractivity contribution in [3.8, 4) is 0 Å². The number of rotatable bonds is 1. The molecule has 0 saturated heterocycles. The lowest BCUT2D eigenvalue weighted by Gasteiger charge is -2.06. The number of aryl methyl sites for hydroxylation is 1. The lowest BCUT2D eigenvalue weighted by Crippen LogP contribution is -2.04. The van der Waals surface area contributed by atoms with Crippen LogP contribution < -0.4 is 0 Å². The number of fused-ring (bicyclic) bond motifs is 1. The second-order valence-electron chi connectivity index (χ2n) is 3.62. The van der Waals surface area contributed by atoms with Crippen molar-refractivity contribution in [2.75, 3.05) is 0 Å². The molecule has 0 saturated carbocycles. The number of alkyl halides is 3. The molecule has 16 heavy (non-hydrogen) atoms. The minimum atomic E-state index is -4.33. The third-order valence-corrected chi connectivity index (χ3v) is 2.63. The Morgan fingerprint density at radius 2 is 1.94 bits per heavy atom. The van der Waals surface area contributed by atoms with Crippen molar-refractivity contribution in [1.82, 2.24) is 4.57 Å². The summed E-state index contributed by atoms with van der Waals surface area (Å²) in [6, 6.07) is 5.11. The van der Waals surface area contributed by atoms with Crippen molar-refractivity contribution >= 4 is 10.9 Å². The van der Waals surface area contributed by atoms with E-state index >= 15 is 0 Å². The van der Waals surface area contributed by atoms with E-state index in [9.17, 15) is 13.2 Å². The lowest BCUT2D eigenvalue weighted by atomic mass is 10.1. The molecular weight excluding hydrogens is 219 g/mol. The van der Waals surface area contributed by atoms with E-state index in [0.717, 1.165) is 12.1 Å². The Balaban J connectivity index is 2.64. The van der Waals surface area contributed by atoms with Crippen LogP contribution >= 0.6 is 0 Å². The fourth-order valence-corrected chi connectivity index (χ4v) is 1.73. The van der Waals surface area contributed by atoms with E-state index in [2.05, 4.69) is 0 Å². The quantitative estimate of drug-likeness (QED) is 0.799. The molecule has 0 amide bonds. The molecule has 5 heteroatoms.